The molecule has 0 aliphatic carbocycles. The maximum Gasteiger partial charge on any atom is 0 e. The summed E-state index contributed by atoms with van der Waals surface area (Å²) in [7, 11) is 0. The summed E-state index contributed by atoms with van der Waals surface area (Å²) in [6.45, 7) is 0. The Morgan fingerprint density at radius 2 is 0.958 bits per heavy atom. The first-order valence-electron chi connectivity index (χ1n) is 6.71. The predicted octanol–water partition coefficient (Wildman–Crippen LogP) is 4.49. The van der Waals surface area contributed by atoms with Gasteiger partial charge in [0.15, 0.2) is 0 Å². The predicted molar refractivity (Wildman–Crippen MR) is 96.1 cm³/mol. The molecule has 4 heteroatoms. The molecule has 0 aliphatic heterocycles. The Kier molecular flexibility index (Phi) is 14.7. The Bertz CT molecular complexity index is 835. The summed E-state index contributed by atoms with van der Waals surface area (Å²) in [5.41, 5.74) is 2.54. The van der Waals surface area contributed by atoms with Crippen molar-refractivity contribution in [2.45, 2.75) is 0 Å². The van der Waals surface area contributed by atoms with Crippen LogP contribution in [0, 0.1) is 12.1 Å². The average molecular weight is 508 g/mol. The second kappa shape index (κ2) is 13.2. The summed E-state index contributed by atoms with van der Waals surface area (Å²) in [5.74, 6) is 0. The zero-order chi connectivity index (χ0) is 13.4. The quantitative estimate of drug-likeness (QED) is 0.263. The van der Waals surface area contributed by atoms with Crippen molar-refractivity contribution in [2.75, 3.05) is 0 Å². The van der Waals surface area contributed by atoms with E-state index in [1.165, 1.54) is 32.7 Å². The van der Waals surface area contributed by atoms with Crippen molar-refractivity contribution in [1.29, 1.82) is 0 Å². The van der Waals surface area contributed by atoms with Gasteiger partial charge in [-0.1, -0.05) is 24.3 Å². The van der Waals surface area contributed by atoms with Crippen LogP contribution >= 0.6 is 0 Å². The van der Waals surface area contributed by atoms with Crippen molar-refractivity contribution in [1.82, 2.24) is 0 Å². The van der Waals surface area contributed by atoms with E-state index in [9.17, 15) is 0 Å². The molecule has 0 atom stereocenters. The fourth-order valence-electron chi connectivity index (χ4n) is 2.80. The molecule has 0 heterocycles. The standard InChI is InChI=1S/C20H12.2K.2Y/c1-3-11-17-15(7-1)9-5-13-19(17)20-14-6-10-16-8-2-4-12-18(16)20;;;;/h3-14H;;;;/q-2;;;;. The molecule has 24 heavy (non-hydrogen) atoms. The smallest absolute Gasteiger partial charge is 0 e. The molecule has 0 amide bonds. The number of benzene rings is 4. The Hall–Kier alpha value is 2.88. The first-order valence-corrected chi connectivity index (χ1v) is 6.71. The molecule has 0 nitrogen and oxygen atoms in total. The Balaban J connectivity index is 0.00000132. The fourth-order valence-corrected chi connectivity index (χ4v) is 2.80. The normalized spacial score (nSPS) is 9.17. The van der Waals surface area contributed by atoms with Crippen LogP contribution in [0.25, 0.3) is 32.7 Å². The van der Waals surface area contributed by atoms with Gasteiger partial charge in [0, 0.05) is 168 Å². The summed E-state index contributed by atoms with van der Waals surface area (Å²) in [6, 6.07) is 31.5. The summed E-state index contributed by atoms with van der Waals surface area (Å²) < 4.78 is 0. The van der Waals surface area contributed by atoms with E-state index >= 15 is 0 Å². The van der Waals surface area contributed by atoms with Crippen molar-refractivity contribution >= 4 is 124 Å². The van der Waals surface area contributed by atoms with Crippen LogP contribution in [-0.4, -0.2) is 103 Å². The summed E-state index contributed by atoms with van der Waals surface area (Å²) in [4.78, 5) is 0. The van der Waals surface area contributed by atoms with Crippen LogP contribution in [0.3, 0.4) is 0 Å². The molecule has 0 aliphatic rings. The minimum atomic E-state index is 0. The fraction of sp³-hybridized carbons (Fsp3) is 0. The van der Waals surface area contributed by atoms with E-state index in [1.807, 2.05) is 24.3 Å². The molecular weight excluding hydrogens is 496 g/mol. The van der Waals surface area contributed by atoms with Gasteiger partial charge in [0.2, 0.25) is 0 Å². The maximum atomic E-state index is 3.15. The molecule has 4 radical (unpaired) electrons. The minimum Gasteiger partial charge on any atom is -0.183 e. The van der Waals surface area contributed by atoms with E-state index in [4.69, 9.17) is 0 Å². The van der Waals surface area contributed by atoms with Crippen LogP contribution in [0.1, 0.15) is 0 Å². The molecule has 0 N–H and O–H groups in total. The van der Waals surface area contributed by atoms with E-state index < -0.39 is 0 Å². The number of hydrogen-bond donors (Lipinski definition) is 0. The summed E-state index contributed by atoms with van der Waals surface area (Å²) in [5, 5.41) is 4.99. The van der Waals surface area contributed by atoms with Crippen molar-refractivity contribution < 1.29 is 65.4 Å². The van der Waals surface area contributed by atoms with Gasteiger partial charge in [0.25, 0.3) is 0 Å². The van der Waals surface area contributed by atoms with Gasteiger partial charge in [-0.2, -0.15) is 48.5 Å². The third-order valence-corrected chi connectivity index (χ3v) is 3.74. The molecule has 0 spiro atoms. The number of rotatable bonds is 1. The van der Waals surface area contributed by atoms with Crippen LogP contribution in [0.5, 0.6) is 0 Å². The van der Waals surface area contributed by atoms with Gasteiger partial charge in [-0.25, -0.2) is 0 Å². The molecule has 102 valence electrons. The van der Waals surface area contributed by atoms with Crippen LogP contribution in [0.2, 0.25) is 0 Å². The molecule has 4 aromatic carbocycles. The molecule has 0 aromatic heterocycles. The van der Waals surface area contributed by atoms with Crippen LogP contribution in [0.15, 0.2) is 72.8 Å². The molecule has 0 unspecified atom stereocenters. The molecule has 4 rings (SSSR count). The van der Waals surface area contributed by atoms with Gasteiger partial charge in [0.05, 0.1) is 0 Å². The van der Waals surface area contributed by atoms with Crippen LogP contribution in [-0.2, 0) is 65.4 Å². The zero-order valence-corrected chi connectivity index (χ0v) is 26.0. The van der Waals surface area contributed by atoms with E-state index in [2.05, 4.69) is 60.7 Å². The van der Waals surface area contributed by atoms with E-state index in [-0.39, 0.29) is 168 Å². The summed E-state index contributed by atoms with van der Waals surface area (Å²) >= 11 is 0. The van der Waals surface area contributed by atoms with E-state index in [0.29, 0.717) is 0 Å². The SMILES string of the molecule is [K].[K].[Y].[Y].[c-]1ccc2c(-c3cccc4c[c-]ccc34)cccc2c1. The molecule has 0 bridgehead atoms. The molecule has 4 aromatic rings. The Morgan fingerprint density at radius 1 is 0.542 bits per heavy atom. The van der Waals surface area contributed by atoms with Gasteiger partial charge in [0.1, 0.15) is 0 Å². The Morgan fingerprint density at radius 3 is 1.38 bits per heavy atom. The van der Waals surface area contributed by atoms with Gasteiger partial charge >= 0.3 is 0 Å². The van der Waals surface area contributed by atoms with Crippen molar-refractivity contribution in [3.8, 4) is 11.1 Å². The second-order valence-electron chi connectivity index (χ2n) is 4.91. The molecule has 0 saturated carbocycles. The third-order valence-electron chi connectivity index (χ3n) is 3.74. The Labute approximate surface area is 278 Å². The first kappa shape index (κ1) is 26.9. The third kappa shape index (κ3) is 5.94. The molecule has 0 saturated heterocycles. The monoisotopic (exact) mass is 508 g/mol. The van der Waals surface area contributed by atoms with Gasteiger partial charge in [-0.3, -0.25) is 0 Å². The minimum absolute atomic E-state index is 0. The largest absolute Gasteiger partial charge is 0.183 e. The van der Waals surface area contributed by atoms with Gasteiger partial charge in [-0.05, 0) is 11.1 Å². The van der Waals surface area contributed by atoms with E-state index in [1.54, 1.807) is 0 Å². The van der Waals surface area contributed by atoms with Crippen molar-refractivity contribution in [3.05, 3.63) is 84.9 Å². The van der Waals surface area contributed by atoms with Crippen LogP contribution < -0.4 is 0 Å². The van der Waals surface area contributed by atoms with Gasteiger partial charge in [-0.15, -0.1) is 33.7 Å². The van der Waals surface area contributed by atoms with Crippen molar-refractivity contribution in [2.24, 2.45) is 0 Å². The topological polar surface area (TPSA) is 0 Å². The summed E-state index contributed by atoms with van der Waals surface area (Å²) in [6.07, 6.45) is 0. The van der Waals surface area contributed by atoms with Crippen molar-refractivity contribution in [3.63, 3.8) is 0 Å². The molecule has 0 fully saturated rings. The molecular formula is C20H12K2Y2-2. The first-order chi connectivity index (χ1) is 9.93. The van der Waals surface area contributed by atoms with E-state index in [0.717, 1.165) is 0 Å². The number of fused-ring (bicyclic) bond motifs is 2. The van der Waals surface area contributed by atoms with Gasteiger partial charge < -0.3 is 0 Å². The number of hydrogen-bond acceptors (Lipinski definition) is 0. The zero-order valence-electron chi connectivity index (χ0n) is 14.1. The average Bonchev–Trinajstić information content (AvgIpc) is 2.54. The van der Waals surface area contributed by atoms with Crippen LogP contribution in [0.4, 0.5) is 0 Å². The second-order valence-corrected chi connectivity index (χ2v) is 4.91. The maximum absolute atomic E-state index is 3.15.